The standard InChI is InChI=1S/C14H18F2N2O.ClH/c1-9(10-7-17-8-10)14(19)18-6-5-11-12(15)3-2-4-13(11)16;/h2-4,9-10,17H,5-8H2,1H3,(H,18,19);1H. The van der Waals surface area contributed by atoms with Gasteiger partial charge in [0, 0.05) is 18.0 Å². The van der Waals surface area contributed by atoms with Gasteiger partial charge in [-0.2, -0.15) is 0 Å². The lowest BCUT2D eigenvalue weighted by Crippen LogP contribution is -2.49. The average Bonchev–Trinajstić information content (AvgIpc) is 2.30. The molecule has 1 heterocycles. The van der Waals surface area contributed by atoms with E-state index in [0.717, 1.165) is 13.1 Å². The Morgan fingerprint density at radius 3 is 2.50 bits per heavy atom. The highest BCUT2D eigenvalue weighted by Crippen LogP contribution is 2.16. The van der Waals surface area contributed by atoms with Crippen LogP contribution in [-0.2, 0) is 11.2 Å². The number of rotatable bonds is 5. The SMILES string of the molecule is CC(C(=O)NCCc1c(F)cccc1F)C1CNC1.Cl. The van der Waals surface area contributed by atoms with Gasteiger partial charge in [0.15, 0.2) is 0 Å². The Kier molecular flexibility index (Phi) is 6.36. The normalized spacial score (nSPS) is 15.9. The number of benzene rings is 1. The van der Waals surface area contributed by atoms with Gasteiger partial charge in [0.2, 0.25) is 5.91 Å². The molecular formula is C14H19ClF2N2O. The van der Waals surface area contributed by atoms with E-state index in [1.165, 1.54) is 18.2 Å². The summed E-state index contributed by atoms with van der Waals surface area (Å²) in [6.07, 6.45) is 0.167. The van der Waals surface area contributed by atoms with Crippen LogP contribution in [0.5, 0.6) is 0 Å². The van der Waals surface area contributed by atoms with Crippen molar-refractivity contribution in [1.29, 1.82) is 0 Å². The first-order valence-corrected chi connectivity index (χ1v) is 6.51. The van der Waals surface area contributed by atoms with Crippen LogP contribution in [-0.4, -0.2) is 25.5 Å². The van der Waals surface area contributed by atoms with E-state index in [1.54, 1.807) is 0 Å². The zero-order valence-corrected chi connectivity index (χ0v) is 12.1. The quantitative estimate of drug-likeness (QED) is 0.872. The van der Waals surface area contributed by atoms with E-state index in [9.17, 15) is 13.6 Å². The molecule has 0 saturated carbocycles. The second kappa shape index (κ2) is 7.55. The van der Waals surface area contributed by atoms with Gasteiger partial charge in [-0.25, -0.2) is 8.78 Å². The lowest BCUT2D eigenvalue weighted by Gasteiger charge is -2.31. The van der Waals surface area contributed by atoms with Gasteiger partial charge in [0.1, 0.15) is 11.6 Å². The van der Waals surface area contributed by atoms with Crippen molar-refractivity contribution in [1.82, 2.24) is 10.6 Å². The minimum Gasteiger partial charge on any atom is -0.356 e. The van der Waals surface area contributed by atoms with Crippen molar-refractivity contribution in [2.75, 3.05) is 19.6 Å². The molecule has 0 radical (unpaired) electrons. The highest BCUT2D eigenvalue weighted by molar-refractivity contribution is 5.85. The summed E-state index contributed by atoms with van der Waals surface area (Å²) in [6.45, 7) is 3.85. The maximum absolute atomic E-state index is 13.4. The highest BCUT2D eigenvalue weighted by Gasteiger charge is 2.28. The molecule has 1 atom stereocenters. The molecule has 3 nitrogen and oxygen atoms in total. The van der Waals surface area contributed by atoms with Gasteiger partial charge >= 0.3 is 0 Å². The molecule has 0 aromatic heterocycles. The third-order valence-corrected chi connectivity index (χ3v) is 3.67. The number of hydrogen-bond acceptors (Lipinski definition) is 2. The van der Waals surface area contributed by atoms with Gasteiger partial charge in [-0.3, -0.25) is 4.79 Å². The van der Waals surface area contributed by atoms with Crippen LogP contribution < -0.4 is 10.6 Å². The number of amides is 1. The second-order valence-electron chi connectivity index (χ2n) is 4.95. The monoisotopic (exact) mass is 304 g/mol. The van der Waals surface area contributed by atoms with Crippen LogP contribution in [0.25, 0.3) is 0 Å². The summed E-state index contributed by atoms with van der Waals surface area (Å²) in [5, 5.41) is 5.85. The third kappa shape index (κ3) is 3.90. The summed E-state index contributed by atoms with van der Waals surface area (Å²) in [5.41, 5.74) is 0.0285. The van der Waals surface area contributed by atoms with E-state index in [4.69, 9.17) is 0 Å². The molecule has 1 aromatic rings. The fourth-order valence-electron chi connectivity index (χ4n) is 2.12. The average molecular weight is 305 g/mol. The summed E-state index contributed by atoms with van der Waals surface area (Å²) in [5.74, 6) is -0.879. The van der Waals surface area contributed by atoms with E-state index in [-0.39, 0.29) is 42.8 Å². The number of carbonyl (C=O) groups excluding carboxylic acids is 1. The summed E-state index contributed by atoms with van der Waals surface area (Å²) in [4.78, 5) is 11.8. The zero-order valence-electron chi connectivity index (χ0n) is 11.3. The number of halogens is 3. The van der Waals surface area contributed by atoms with Crippen molar-refractivity contribution in [3.8, 4) is 0 Å². The van der Waals surface area contributed by atoms with Crippen molar-refractivity contribution >= 4 is 18.3 Å². The molecule has 0 aliphatic carbocycles. The smallest absolute Gasteiger partial charge is 0.223 e. The molecule has 1 aliphatic rings. The van der Waals surface area contributed by atoms with Gasteiger partial charge < -0.3 is 10.6 Å². The predicted octanol–water partition coefficient (Wildman–Crippen LogP) is 1.90. The van der Waals surface area contributed by atoms with Crippen molar-refractivity contribution in [2.24, 2.45) is 11.8 Å². The molecule has 20 heavy (non-hydrogen) atoms. The van der Waals surface area contributed by atoms with Gasteiger partial charge in [0.05, 0.1) is 0 Å². The molecule has 2 N–H and O–H groups in total. The summed E-state index contributed by atoms with van der Waals surface area (Å²) < 4.78 is 26.7. The fraction of sp³-hybridized carbons (Fsp3) is 0.500. The zero-order chi connectivity index (χ0) is 13.8. The van der Waals surface area contributed by atoms with Crippen LogP contribution in [0, 0.1) is 23.5 Å². The summed E-state index contributed by atoms with van der Waals surface area (Å²) >= 11 is 0. The topological polar surface area (TPSA) is 41.1 Å². The Morgan fingerprint density at radius 1 is 1.40 bits per heavy atom. The Hall–Kier alpha value is -1.20. The van der Waals surface area contributed by atoms with Crippen LogP contribution in [0.1, 0.15) is 12.5 Å². The molecule has 6 heteroatoms. The maximum atomic E-state index is 13.4. The molecule has 1 saturated heterocycles. The molecule has 1 unspecified atom stereocenters. The van der Waals surface area contributed by atoms with Crippen LogP contribution in [0.4, 0.5) is 8.78 Å². The molecular weight excluding hydrogens is 286 g/mol. The Bertz CT molecular complexity index is 446. The molecule has 112 valence electrons. The van der Waals surface area contributed by atoms with Crippen LogP contribution >= 0.6 is 12.4 Å². The highest BCUT2D eigenvalue weighted by atomic mass is 35.5. The lowest BCUT2D eigenvalue weighted by molar-refractivity contribution is -0.126. The first-order chi connectivity index (χ1) is 9.09. The van der Waals surface area contributed by atoms with Gasteiger partial charge in [-0.05, 0) is 37.6 Å². The number of carbonyl (C=O) groups is 1. The van der Waals surface area contributed by atoms with E-state index >= 15 is 0 Å². The van der Waals surface area contributed by atoms with Crippen molar-refractivity contribution in [3.05, 3.63) is 35.4 Å². The predicted molar refractivity (Wildman–Crippen MR) is 75.8 cm³/mol. The third-order valence-electron chi connectivity index (χ3n) is 3.67. The molecule has 1 amide bonds. The molecule has 0 bridgehead atoms. The summed E-state index contributed by atoms with van der Waals surface area (Å²) in [6, 6.07) is 3.78. The Balaban J connectivity index is 0.00000200. The molecule has 1 fully saturated rings. The van der Waals surface area contributed by atoms with Crippen LogP contribution in [0.15, 0.2) is 18.2 Å². The van der Waals surface area contributed by atoms with Crippen LogP contribution in [0.3, 0.4) is 0 Å². The number of nitrogens with one attached hydrogen (secondary N) is 2. The first kappa shape index (κ1) is 16.9. The fourth-order valence-corrected chi connectivity index (χ4v) is 2.12. The first-order valence-electron chi connectivity index (χ1n) is 6.51. The van der Waals surface area contributed by atoms with Gasteiger partial charge in [-0.15, -0.1) is 12.4 Å². The number of hydrogen-bond donors (Lipinski definition) is 2. The van der Waals surface area contributed by atoms with E-state index < -0.39 is 11.6 Å². The lowest BCUT2D eigenvalue weighted by atomic mass is 9.88. The van der Waals surface area contributed by atoms with Gasteiger partial charge in [0.25, 0.3) is 0 Å². The second-order valence-corrected chi connectivity index (χ2v) is 4.95. The summed E-state index contributed by atoms with van der Waals surface area (Å²) in [7, 11) is 0. The maximum Gasteiger partial charge on any atom is 0.223 e. The largest absolute Gasteiger partial charge is 0.356 e. The van der Waals surface area contributed by atoms with E-state index in [2.05, 4.69) is 10.6 Å². The van der Waals surface area contributed by atoms with E-state index in [1.807, 2.05) is 6.92 Å². The molecule has 1 aliphatic heterocycles. The van der Waals surface area contributed by atoms with Crippen molar-refractivity contribution < 1.29 is 13.6 Å². The Morgan fingerprint density at radius 2 is 2.00 bits per heavy atom. The Labute approximate surface area is 123 Å². The molecule has 0 spiro atoms. The minimum absolute atomic E-state index is 0. The van der Waals surface area contributed by atoms with Crippen molar-refractivity contribution in [2.45, 2.75) is 13.3 Å². The van der Waals surface area contributed by atoms with Gasteiger partial charge in [-0.1, -0.05) is 13.0 Å². The van der Waals surface area contributed by atoms with Crippen molar-refractivity contribution in [3.63, 3.8) is 0 Å². The molecule has 2 rings (SSSR count). The minimum atomic E-state index is -0.564. The van der Waals surface area contributed by atoms with Crippen LogP contribution in [0.2, 0.25) is 0 Å². The molecule has 1 aromatic carbocycles. The van der Waals surface area contributed by atoms with E-state index in [0.29, 0.717) is 5.92 Å².